The van der Waals surface area contributed by atoms with Crippen molar-refractivity contribution in [2.24, 2.45) is 0 Å². The molecule has 0 saturated carbocycles. The fourth-order valence-corrected chi connectivity index (χ4v) is 1.36. The first kappa shape index (κ1) is 9.32. The number of nitrogens with one attached hydrogen (secondary N) is 1. The smallest absolute Gasteiger partial charge is 0.271 e. The summed E-state index contributed by atoms with van der Waals surface area (Å²) in [6, 6.07) is 4.50. The van der Waals surface area contributed by atoms with Crippen LogP contribution in [0.3, 0.4) is 0 Å². The van der Waals surface area contributed by atoms with Gasteiger partial charge in [0, 0.05) is 24.6 Å². The van der Waals surface area contributed by atoms with Crippen molar-refractivity contribution in [1.29, 1.82) is 0 Å². The second-order valence-corrected chi connectivity index (χ2v) is 2.93. The SMILES string of the molecule is CNc1ncnc2cc([N+](=O)[O-])ccc12. The van der Waals surface area contributed by atoms with E-state index < -0.39 is 4.92 Å². The summed E-state index contributed by atoms with van der Waals surface area (Å²) in [5, 5.41) is 14.2. The second kappa shape index (κ2) is 3.49. The first-order valence-corrected chi connectivity index (χ1v) is 4.29. The Morgan fingerprint density at radius 3 is 2.87 bits per heavy atom. The summed E-state index contributed by atoms with van der Waals surface area (Å²) >= 11 is 0. The van der Waals surface area contributed by atoms with E-state index in [0.717, 1.165) is 5.39 Å². The van der Waals surface area contributed by atoms with Gasteiger partial charge in [0.1, 0.15) is 12.1 Å². The molecular weight excluding hydrogens is 196 g/mol. The molecule has 15 heavy (non-hydrogen) atoms. The molecule has 2 rings (SSSR count). The lowest BCUT2D eigenvalue weighted by Gasteiger charge is -2.02. The molecule has 1 aromatic carbocycles. The van der Waals surface area contributed by atoms with Gasteiger partial charge in [0.05, 0.1) is 10.4 Å². The van der Waals surface area contributed by atoms with Crippen LogP contribution in [0.2, 0.25) is 0 Å². The fraction of sp³-hybridized carbons (Fsp3) is 0.111. The number of rotatable bonds is 2. The first-order valence-electron chi connectivity index (χ1n) is 4.29. The van der Waals surface area contributed by atoms with Crippen molar-refractivity contribution < 1.29 is 4.92 Å². The van der Waals surface area contributed by atoms with Crippen LogP contribution < -0.4 is 5.32 Å². The molecule has 0 fully saturated rings. The maximum absolute atomic E-state index is 10.5. The number of nitro groups is 1. The van der Waals surface area contributed by atoms with Crippen LogP contribution in [-0.4, -0.2) is 21.9 Å². The molecular formula is C9H8N4O2. The zero-order valence-electron chi connectivity index (χ0n) is 7.97. The number of nitrogens with zero attached hydrogens (tertiary/aromatic N) is 3. The Bertz CT molecular complexity index is 527. The van der Waals surface area contributed by atoms with Crippen LogP contribution in [0, 0.1) is 10.1 Å². The van der Waals surface area contributed by atoms with Gasteiger partial charge in [0.25, 0.3) is 5.69 Å². The van der Waals surface area contributed by atoms with Gasteiger partial charge in [-0.15, -0.1) is 0 Å². The molecule has 0 spiro atoms. The molecule has 0 bridgehead atoms. The van der Waals surface area contributed by atoms with Crippen molar-refractivity contribution in [2.45, 2.75) is 0 Å². The molecule has 1 heterocycles. The minimum Gasteiger partial charge on any atom is -0.373 e. The van der Waals surface area contributed by atoms with Crippen molar-refractivity contribution in [3.8, 4) is 0 Å². The van der Waals surface area contributed by atoms with Crippen LogP contribution in [0.25, 0.3) is 10.9 Å². The van der Waals surface area contributed by atoms with Crippen LogP contribution >= 0.6 is 0 Å². The van der Waals surface area contributed by atoms with Gasteiger partial charge in [-0.2, -0.15) is 0 Å². The van der Waals surface area contributed by atoms with Crippen LogP contribution in [0.5, 0.6) is 0 Å². The molecule has 0 aliphatic heterocycles. The zero-order valence-corrected chi connectivity index (χ0v) is 7.97. The average molecular weight is 204 g/mol. The summed E-state index contributed by atoms with van der Waals surface area (Å²) in [7, 11) is 1.74. The summed E-state index contributed by atoms with van der Waals surface area (Å²) in [5.41, 5.74) is 0.590. The van der Waals surface area contributed by atoms with E-state index in [1.165, 1.54) is 18.5 Å². The second-order valence-electron chi connectivity index (χ2n) is 2.93. The van der Waals surface area contributed by atoms with Crippen molar-refractivity contribution in [1.82, 2.24) is 9.97 Å². The summed E-state index contributed by atoms with van der Waals surface area (Å²) in [5.74, 6) is 0.662. The molecule has 76 valence electrons. The molecule has 0 amide bonds. The first-order chi connectivity index (χ1) is 7.22. The fourth-order valence-electron chi connectivity index (χ4n) is 1.36. The van der Waals surface area contributed by atoms with Crippen LogP contribution in [0.4, 0.5) is 11.5 Å². The van der Waals surface area contributed by atoms with E-state index in [0.29, 0.717) is 11.3 Å². The number of anilines is 1. The molecule has 0 aliphatic carbocycles. The van der Waals surface area contributed by atoms with Gasteiger partial charge in [0.15, 0.2) is 0 Å². The Hall–Kier alpha value is -2.24. The summed E-state index contributed by atoms with van der Waals surface area (Å²) in [6.07, 6.45) is 1.37. The maximum atomic E-state index is 10.5. The van der Waals surface area contributed by atoms with E-state index in [-0.39, 0.29) is 5.69 Å². The molecule has 0 unspecified atom stereocenters. The van der Waals surface area contributed by atoms with E-state index in [1.807, 2.05) is 0 Å². The van der Waals surface area contributed by atoms with Gasteiger partial charge in [-0.3, -0.25) is 10.1 Å². The predicted molar refractivity (Wildman–Crippen MR) is 55.7 cm³/mol. The molecule has 0 radical (unpaired) electrons. The highest BCUT2D eigenvalue weighted by Gasteiger charge is 2.08. The number of benzene rings is 1. The third-order valence-corrected chi connectivity index (χ3v) is 2.07. The van der Waals surface area contributed by atoms with Crippen molar-refractivity contribution in [3.63, 3.8) is 0 Å². The monoisotopic (exact) mass is 204 g/mol. The predicted octanol–water partition coefficient (Wildman–Crippen LogP) is 1.58. The van der Waals surface area contributed by atoms with Gasteiger partial charge >= 0.3 is 0 Å². The van der Waals surface area contributed by atoms with E-state index in [1.54, 1.807) is 13.1 Å². The molecule has 0 atom stereocenters. The molecule has 6 heteroatoms. The van der Waals surface area contributed by atoms with Gasteiger partial charge in [0.2, 0.25) is 0 Å². The van der Waals surface area contributed by atoms with Crippen molar-refractivity contribution in [3.05, 3.63) is 34.6 Å². The summed E-state index contributed by atoms with van der Waals surface area (Å²) in [6.45, 7) is 0. The van der Waals surface area contributed by atoms with Crippen LogP contribution in [0.15, 0.2) is 24.5 Å². The minimum absolute atomic E-state index is 0.0308. The minimum atomic E-state index is -0.444. The molecule has 1 aromatic heterocycles. The standard InChI is InChI=1S/C9H8N4O2/c1-10-9-7-3-2-6(13(14)15)4-8(7)11-5-12-9/h2-5H,1H3,(H,10,11,12). The average Bonchev–Trinajstić information content (AvgIpc) is 2.27. The third-order valence-electron chi connectivity index (χ3n) is 2.07. The lowest BCUT2D eigenvalue weighted by Crippen LogP contribution is -1.95. The van der Waals surface area contributed by atoms with E-state index in [4.69, 9.17) is 0 Å². The largest absolute Gasteiger partial charge is 0.373 e. The van der Waals surface area contributed by atoms with Gasteiger partial charge in [-0.05, 0) is 6.07 Å². The number of fused-ring (bicyclic) bond motifs is 1. The number of non-ortho nitro benzene ring substituents is 1. The highest BCUT2D eigenvalue weighted by Crippen LogP contribution is 2.22. The van der Waals surface area contributed by atoms with E-state index in [2.05, 4.69) is 15.3 Å². The highest BCUT2D eigenvalue weighted by atomic mass is 16.6. The van der Waals surface area contributed by atoms with E-state index >= 15 is 0 Å². The third kappa shape index (κ3) is 1.56. The van der Waals surface area contributed by atoms with Crippen LogP contribution in [0.1, 0.15) is 0 Å². The Morgan fingerprint density at radius 1 is 1.40 bits per heavy atom. The Balaban J connectivity index is 2.69. The Kier molecular flexibility index (Phi) is 2.17. The van der Waals surface area contributed by atoms with Gasteiger partial charge < -0.3 is 5.32 Å². The highest BCUT2D eigenvalue weighted by molar-refractivity contribution is 5.90. The Morgan fingerprint density at radius 2 is 2.20 bits per heavy atom. The topological polar surface area (TPSA) is 81.0 Å². The van der Waals surface area contributed by atoms with Crippen molar-refractivity contribution >= 4 is 22.4 Å². The summed E-state index contributed by atoms with van der Waals surface area (Å²) < 4.78 is 0. The zero-order chi connectivity index (χ0) is 10.8. The molecule has 6 nitrogen and oxygen atoms in total. The van der Waals surface area contributed by atoms with Crippen LogP contribution in [-0.2, 0) is 0 Å². The summed E-state index contributed by atoms with van der Waals surface area (Å²) in [4.78, 5) is 18.1. The van der Waals surface area contributed by atoms with E-state index in [9.17, 15) is 10.1 Å². The van der Waals surface area contributed by atoms with Crippen molar-refractivity contribution in [2.75, 3.05) is 12.4 Å². The molecule has 2 aromatic rings. The van der Waals surface area contributed by atoms with Gasteiger partial charge in [-0.1, -0.05) is 0 Å². The molecule has 0 aliphatic rings. The van der Waals surface area contributed by atoms with Gasteiger partial charge in [-0.25, -0.2) is 9.97 Å². The number of hydrogen-bond acceptors (Lipinski definition) is 5. The lowest BCUT2D eigenvalue weighted by atomic mass is 10.2. The number of hydrogen-bond donors (Lipinski definition) is 1. The maximum Gasteiger partial charge on any atom is 0.271 e. The normalized spacial score (nSPS) is 10.2. The molecule has 0 saturated heterocycles. The number of nitro benzene ring substituents is 1. The number of aromatic nitrogens is 2. The quantitative estimate of drug-likeness (QED) is 0.593. The Labute approximate surface area is 85.1 Å². The molecule has 1 N–H and O–H groups in total. The lowest BCUT2D eigenvalue weighted by molar-refractivity contribution is -0.384.